The van der Waals surface area contributed by atoms with Gasteiger partial charge in [0.25, 0.3) is 5.91 Å². The smallest absolute Gasteiger partial charge is 0.255 e. The molecule has 0 bridgehead atoms. The van der Waals surface area contributed by atoms with Gasteiger partial charge in [-0.05, 0) is 61.7 Å². The molecule has 1 saturated heterocycles. The minimum Gasteiger partial charge on any atom is -0.495 e. The zero-order chi connectivity index (χ0) is 24.8. The van der Waals surface area contributed by atoms with E-state index in [4.69, 9.17) is 9.47 Å². The maximum atomic E-state index is 12.9. The van der Waals surface area contributed by atoms with Crippen LogP contribution in [0.2, 0.25) is 0 Å². The first-order chi connectivity index (χ1) is 17.0. The molecular formula is C27H30N4O4. The number of anilines is 3. The fraction of sp³-hybridized carbons (Fsp3) is 0.296. The van der Waals surface area contributed by atoms with E-state index in [1.807, 2.05) is 37.3 Å². The van der Waals surface area contributed by atoms with Crippen molar-refractivity contribution in [2.45, 2.75) is 19.8 Å². The van der Waals surface area contributed by atoms with Crippen LogP contribution in [0.15, 0.2) is 60.8 Å². The summed E-state index contributed by atoms with van der Waals surface area (Å²) in [7, 11) is 3.16. The van der Waals surface area contributed by atoms with E-state index < -0.39 is 0 Å². The second-order valence-corrected chi connectivity index (χ2v) is 8.51. The fourth-order valence-corrected chi connectivity index (χ4v) is 4.20. The van der Waals surface area contributed by atoms with Crippen LogP contribution >= 0.6 is 0 Å². The van der Waals surface area contributed by atoms with Crippen LogP contribution in [-0.2, 0) is 4.79 Å². The van der Waals surface area contributed by atoms with Gasteiger partial charge in [-0.15, -0.1) is 0 Å². The third-order valence-corrected chi connectivity index (χ3v) is 6.17. The van der Waals surface area contributed by atoms with E-state index in [-0.39, 0.29) is 17.7 Å². The van der Waals surface area contributed by atoms with Crippen molar-refractivity contribution >= 4 is 29.0 Å². The molecule has 0 atom stereocenters. The van der Waals surface area contributed by atoms with Crippen molar-refractivity contribution < 1.29 is 19.1 Å². The number of pyridine rings is 1. The molecule has 3 aromatic rings. The van der Waals surface area contributed by atoms with Gasteiger partial charge in [-0.25, -0.2) is 4.98 Å². The van der Waals surface area contributed by atoms with Crippen LogP contribution < -0.4 is 25.0 Å². The number of ether oxygens (including phenoxy) is 2. The summed E-state index contributed by atoms with van der Waals surface area (Å²) in [4.78, 5) is 32.3. The maximum absolute atomic E-state index is 12.9. The van der Waals surface area contributed by atoms with Gasteiger partial charge in [0.15, 0.2) is 0 Å². The lowest BCUT2D eigenvalue weighted by Crippen LogP contribution is -2.38. The van der Waals surface area contributed by atoms with E-state index in [2.05, 4.69) is 20.5 Å². The average molecular weight is 475 g/mol. The standard InChI is InChI=1S/C27H30N4O4/c1-18-8-9-24(35-3)22(16-18)30-26(32)19-11-14-31(15-12-19)25-17-20(10-13-28-25)27(33)29-21-6-4-5-7-23(21)34-2/h4-10,13,16-17,19H,11-12,14-15H2,1-3H3,(H,29,33)(H,30,32). The van der Waals surface area contributed by atoms with Crippen LogP contribution in [0.25, 0.3) is 0 Å². The fourth-order valence-electron chi connectivity index (χ4n) is 4.20. The molecule has 2 heterocycles. The zero-order valence-corrected chi connectivity index (χ0v) is 20.2. The Balaban J connectivity index is 1.37. The molecule has 0 radical (unpaired) electrons. The number of carbonyl (C=O) groups is 2. The molecule has 182 valence electrons. The number of piperidine rings is 1. The van der Waals surface area contributed by atoms with E-state index in [1.165, 1.54) is 0 Å². The van der Waals surface area contributed by atoms with Crippen LogP contribution in [0.1, 0.15) is 28.8 Å². The topological polar surface area (TPSA) is 92.8 Å². The first-order valence-corrected chi connectivity index (χ1v) is 11.6. The predicted octanol–water partition coefficient (Wildman–Crippen LogP) is 4.51. The van der Waals surface area contributed by atoms with Gasteiger partial charge < -0.3 is 25.0 Å². The SMILES string of the molecule is COc1ccccc1NC(=O)c1ccnc(N2CCC(C(=O)Nc3cc(C)ccc3OC)CC2)c1. The lowest BCUT2D eigenvalue weighted by Gasteiger charge is -2.32. The van der Waals surface area contributed by atoms with Crippen molar-refractivity contribution in [3.63, 3.8) is 0 Å². The summed E-state index contributed by atoms with van der Waals surface area (Å²) in [6, 6.07) is 16.5. The van der Waals surface area contributed by atoms with Crippen molar-refractivity contribution in [1.29, 1.82) is 0 Å². The molecule has 0 aliphatic carbocycles. The molecule has 0 saturated carbocycles. The number of hydrogen-bond donors (Lipinski definition) is 2. The van der Waals surface area contributed by atoms with Crippen molar-refractivity contribution in [2.75, 3.05) is 42.8 Å². The molecule has 2 amide bonds. The third-order valence-electron chi connectivity index (χ3n) is 6.17. The van der Waals surface area contributed by atoms with E-state index in [9.17, 15) is 9.59 Å². The van der Waals surface area contributed by atoms with E-state index in [0.29, 0.717) is 54.4 Å². The number of methoxy groups -OCH3 is 2. The summed E-state index contributed by atoms with van der Waals surface area (Å²) >= 11 is 0. The molecule has 0 spiro atoms. The molecule has 2 aromatic carbocycles. The summed E-state index contributed by atoms with van der Waals surface area (Å²) in [5.41, 5.74) is 2.86. The highest BCUT2D eigenvalue weighted by Gasteiger charge is 2.26. The van der Waals surface area contributed by atoms with Crippen LogP contribution in [0, 0.1) is 12.8 Å². The Morgan fingerprint density at radius 1 is 0.914 bits per heavy atom. The maximum Gasteiger partial charge on any atom is 0.255 e. The Kier molecular flexibility index (Phi) is 7.50. The largest absolute Gasteiger partial charge is 0.495 e. The van der Waals surface area contributed by atoms with Gasteiger partial charge in [0.2, 0.25) is 5.91 Å². The number of hydrogen-bond acceptors (Lipinski definition) is 6. The third kappa shape index (κ3) is 5.71. The molecule has 1 aromatic heterocycles. The van der Waals surface area contributed by atoms with Gasteiger partial charge in [0.05, 0.1) is 25.6 Å². The number of para-hydroxylation sites is 2. The lowest BCUT2D eigenvalue weighted by molar-refractivity contribution is -0.120. The summed E-state index contributed by atoms with van der Waals surface area (Å²) in [5.74, 6) is 1.61. The number of aryl methyl sites for hydroxylation is 1. The number of rotatable bonds is 7. The summed E-state index contributed by atoms with van der Waals surface area (Å²) in [5, 5.41) is 5.91. The number of aromatic nitrogens is 1. The molecule has 0 unspecified atom stereocenters. The first kappa shape index (κ1) is 24.1. The van der Waals surface area contributed by atoms with Crippen molar-refractivity contribution in [3.8, 4) is 11.5 Å². The molecule has 8 nitrogen and oxygen atoms in total. The minimum atomic E-state index is -0.237. The molecule has 35 heavy (non-hydrogen) atoms. The number of nitrogens with one attached hydrogen (secondary N) is 2. The normalized spacial score (nSPS) is 13.7. The van der Waals surface area contributed by atoms with E-state index in [0.717, 1.165) is 11.4 Å². The first-order valence-electron chi connectivity index (χ1n) is 11.6. The van der Waals surface area contributed by atoms with Crippen LogP contribution in [-0.4, -0.2) is 44.1 Å². The second kappa shape index (κ2) is 10.9. The van der Waals surface area contributed by atoms with Gasteiger partial charge in [0, 0.05) is 30.8 Å². The Labute approximate surface area is 205 Å². The van der Waals surface area contributed by atoms with Crippen LogP contribution in [0.5, 0.6) is 11.5 Å². The minimum absolute atomic E-state index is 0.00792. The summed E-state index contributed by atoms with van der Waals surface area (Å²) in [6.45, 7) is 3.33. The highest BCUT2D eigenvalue weighted by Crippen LogP contribution is 2.29. The Morgan fingerprint density at radius 3 is 2.37 bits per heavy atom. The van der Waals surface area contributed by atoms with Gasteiger partial charge in [-0.2, -0.15) is 0 Å². The van der Waals surface area contributed by atoms with Crippen molar-refractivity contribution in [3.05, 3.63) is 71.9 Å². The van der Waals surface area contributed by atoms with Gasteiger partial charge in [0.1, 0.15) is 17.3 Å². The highest BCUT2D eigenvalue weighted by atomic mass is 16.5. The zero-order valence-electron chi connectivity index (χ0n) is 20.2. The molecule has 8 heteroatoms. The van der Waals surface area contributed by atoms with Gasteiger partial charge in [-0.3, -0.25) is 9.59 Å². The predicted molar refractivity (Wildman–Crippen MR) is 136 cm³/mol. The average Bonchev–Trinajstić information content (AvgIpc) is 2.89. The van der Waals surface area contributed by atoms with Crippen LogP contribution in [0.4, 0.5) is 17.2 Å². The molecule has 2 N–H and O–H groups in total. The lowest BCUT2D eigenvalue weighted by atomic mass is 9.95. The van der Waals surface area contributed by atoms with E-state index in [1.54, 1.807) is 44.7 Å². The number of nitrogens with zero attached hydrogens (tertiary/aromatic N) is 2. The van der Waals surface area contributed by atoms with Crippen LogP contribution in [0.3, 0.4) is 0 Å². The summed E-state index contributed by atoms with van der Waals surface area (Å²) in [6.07, 6.45) is 3.02. The molecule has 1 aliphatic heterocycles. The Hall–Kier alpha value is -4.07. The van der Waals surface area contributed by atoms with Crippen molar-refractivity contribution in [2.24, 2.45) is 5.92 Å². The Bertz CT molecular complexity index is 1210. The number of amides is 2. The molecule has 1 fully saturated rings. The van der Waals surface area contributed by atoms with Crippen molar-refractivity contribution in [1.82, 2.24) is 4.98 Å². The number of benzene rings is 2. The second-order valence-electron chi connectivity index (χ2n) is 8.51. The molecular weight excluding hydrogens is 444 g/mol. The van der Waals surface area contributed by atoms with E-state index >= 15 is 0 Å². The molecule has 4 rings (SSSR count). The van der Waals surface area contributed by atoms with Gasteiger partial charge in [-0.1, -0.05) is 18.2 Å². The van der Waals surface area contributed by atoms with Gasteiger partial charge >= 0.3 is 0 Å². The monoisotopic (exact) mass is 474 g/mol. The quantitative estimate of drug-likeness (QED) is 0.523. The number of carbonyl (C=O) groups excluding carboxylic acids is 2. The Morgan fingerprint density at radius 2 is 1.63 bits per heavy atom. The summed E-state index contributed by atoms with van der Waals surface area (Å²) < 4.78 is 10.7. The molecule has 1 aliphatic rings. The highest BCUT2D eigenvalue weighted by molar-refractivity contribution is 6.05.